The SMILES string of the molecule is N#Cc1c(N2CCC(O)C2)[nH]c2cccnc12. The van der Waals surface area contributed by atoms with Gasteiger partial charge in [-0.1, -0.05) is 0 Å². The summed E-state index contributed by atoms with van der Waals surface area (Å²) in [6.07, 6.45) is 2.12. The summed E-state index contributed by atoms with van der Waals surface area (Å²) in [6, 6.07) is 5.93. The summed E-state index contributed by atoms with van der Waals surface area (Å²) >= 11 is 0. The Bertz CT molecular complexity index is 598. The minimum atomic E-state index is -0.305. The lowest BCUT2D eigenvalue weighted by atomic mass is 10.2. The lowest BCUT2D eigenvalue weighted by molar-refractivity contribution is 0.198. The van der Waals surface area contributed by atoms with Crippen LogP contribution < -0.4 is 4.90 Å². The predicted molar refractivity (Wildman–Crippen MR) is 63.6 cm³/mol. The van der Waals surface area contributed by atoms with Crippen molar-refractivity contribution in [3.63, 3.8) is 0 Å². The number of fused-ring (bicyclic) bond motifs is 1. The molecule has 0 spiro atoms. The molecule has 5 heteroatoms. The van der Waals surface area contributed by atoms with Gasteiger partial charge in [0.05, 0.1) is 11.6 Å². The van der Waals surface area contributed by atoms with Crippen LogP contribution in [0, 0.1) is 11.3 Å². The summed E-state index contributed by atoms with van der Waals surface area (Å²) < 4.78 is 0. The number of pyridine rings is 1. The molecule has 2 aromatic rings. The topological polar surface area (TPSA) is 75.9 Å². The zero-order valence-electron chi connectivity index (χ0n) is 9.22. The number of β-amino-alcohol motifs (C(OH)–C–C–N with tert-alkyl or cyclic N) is 1. The van der Waals surface area contributed by atoms with E-state index in [1.807, 2.05) is 17.0 Å². The number of aliphatic hydroxyl groups is 1. The van der Waals surface area contributed by atoms with E-state index >= 15 is 0 Å². The van der Waals surface area contributed by atoms with E-state index in [2.05, 4.69) is 16.0 Å². The number of H-pyrrole nitrogens is 1. The summed E-state index contributed by atoms with van der Waals surface area (Å²) in [7, 11) is 0. The van der Waals surface area contributed by atoms with E-state index in [1.54, 1.807) is 6.20 Å². The van der Waals surface area contributed by atoms with Gasteiger partial charge in [0.15, 0.2) is 0 Å². The Morgan fingerprint density at radius 1 is 1.59 bits per heavy atom. The van der Waals surface area contributed by atoms with Crippen molar-refractivity contribution >= 4 is 16.9 Å². The molecule has 0 saturated carbocycles. The van der Waals surface area contributed by atoms with E-state index in [0.717, 1.165) is 24.3 Å². The number of aromatic nitrogens is 2. The van der Waals surface area contributed by atoms with Crippen LogP contribution in [0.2, 0.25) is 0 Å². The molecule has 0 amide bonds. The number of hydrogen-bond donors (Lipinski definition) is 2. The zero-order valence-corrected chi connectivity index (χ0v) is 9.22. The first-order chi connectivity index (χ1) is 8.29. The second-order valence-electron chi connectivity index (χ2n) is 4.25. The van der Waals surface area contributed by atoms with E-state index in [1.165, 1.54) is 0 Å². The minimum Gasteiger partial charge on any atom is -0.391 e. The van der Waals surface area contributed by atoms with E-state index in [4.69, 9.17) is 0 Å². The normalized spacial score (nSPS) is 19.8. The Hall–Kier alpha value is -2.06. The summed E-state index contributed by atoms with van der Waals surface area (Å²) in [5.41, 5.74) is 2.13. The number of aromatic amines is 1. The Kier molecular flexibility index (Phi) is 2.23. The highest BCUT2D eigenvalue weighted by molar-refractivity contribution is 5.88. The van der Waals surface area contributed by atoms with Gasteiger partial charge in [-0.2, -0.15) is 5.26 Å². The molecule has 2 N–H and O–H groups in total. The van der Waals surface area contributed by atoms with Gasteiger partial charge in [-0.05, 0) is 18.6 Å². The summed E-state index contributed by atoms with van der Waals surface area (Å²) in [4.78, 5) is 9.43. The number of nitrogens with zero attached hydrogens (tertiary/aromatic N) is 3. The third-order valence-electron chi connectivity index (χ3n) is 3.13. The quantitative estimate of drug-likeness (QED) is 0.763. The molecule has 1 saturated heterocycles. The van der Waals surface area contributed by atoms with Crippen LogP contribution >= 0.6 is 0 Å². The van der Waals surface area contributed by atoms with Crippen molar-refractivity contribution in [1.82, 2.24) is 9.97 Å². The van der Waals surface area contributed by atoms with Gasteiger partial charge in [0.1, 0.15) is 23.0 Å². The fourth-order valence-electron chi connectivity index (χ4n) is 2.30. The number of nitrogens with one attached hydrogen (secondary N) is 1. The van der Waals surface area contributed by atoms with E-state index in [9.17, 15) is 10.4 Å². The molecular formula is C12H12N4O. The van der Waals surface area contributed by atoms with Crippen LogP contribution in [0.1, 0.15) is 12.0 Å². The van der Waals surface area contributed by atoms with Crippen molar-refractivity contribution in [2.75, 3.05) is 18.0 Å². The molecule has 1 fully saturated rings. The maximum atomic E-state index is 9.55. The Morgan fingerprint density at radius 3 is 3.18 bits per heavy atom. The highest BCUT2D eigenvalue weighted by Crippen LogP contribution is 2.28. The van der Waals surface area contributed by atoms with Gasteiger partial charge < -0.3 is 15.0 Å². The minimum absolute atomic E-state index is 0.305. The van der Waals surface area contributed by atoms with Gasteiger partial charge in [-0.3, -0.25) is 4.98 Å². The molecule has 86 valence electrons. The van der Waals surface area contributed by atoms with Crippen molar-refractivity contribution in [3.05, 3.63) is 23.9 Å². The third-order valence-corrected chi connectivity index (χ3v) is 3.13. The molecule has 0 aliphatic carbocycles. The van der Waals surface area contributed by atoms with Crippen LogP contribution in [0.5, 0.6) is 0 Å². The van der Waals surface area contributed by atoms with Crippen LogP contribution in [0.25, 0.3) is 11.0 Å². The smallest absolute Gasteiger partial charge is 0.127 e. The predicted octanol–water partition coefficient (Wildman–Crippen LogP) is 1.01. The average molecular weight is 228 g/mol. The molecule has 1 unspecified atom stereocenters. The lowest BCUT2D eigenvalue weighted by Gasteiger charge is -2.15. The first-order valence-corrected chi connectivity index (χ1v) is 5.59. The molecule has 3 heterocycles. The molecule has 0 radical (unpaired) electrons. The van der Waals surface area contributed by atoms with E-state index in [-0.39, 0.29) is 6.10 Å². The lowest BCUT2D eigenvalue weighted by Crippen LogP contribution is -2.22. The van der Waals surface area contributed by atoms with Crippen molar-refractivity contribution in [2.24, 2.45) is 0 Å². The van der Waals surface area contributed by atoms with E-state index < -0.39 is 0 Å². The van der Waals surface area contributed by atoms with Crippen LogP contribution in [-0.4, -0.2) is 34.3 Å². The first-order valence-electron chi connectivity index (χ1n) is 5.59. The highest BCUT2D eigenvalue weighted by atomic mass is 16.3. The number of nitriles is 1. The van der Waals surface area contributed by atoms with Gasteiger partial charge in [0, 0.05) is 19.3 Å². The fraction of sp³-hybridized carbons (Fsp3) is 0.333. The summed E-state index contributed by atoms with van der Waals surface area (Å²) in [5.74, 6) is 0.776. The van der Waals surface area contributed by atoms with Gasteiger partial charge in [0.2, 0.25) is 0 Å². The maximum Gasteiger partial charge on any atom is 0.127 e. The standard InChI is InChI=1S/C12H12N4O/c13-6-9-11-10(2-1-4-14-11)15-12(9)16-5-3-8(17)7-16/h1-2,4,8,15,17H,3,5,7H2. The molecule has 17 heavy (non-hydrogen) atoms. The summed E-state index contributed by atoms with van der Waals surface area (Å²) in [6.45, 7) is 1.34. The monoisotopic (exact) mass is 228 g/mol. The zero-order chi connectivity index (χ0) is 11.8. The number of rotatable bonds is 1. The Balaban J connectivity index is 2.13. The van der Waals surface area contributed by atoms with E-state index in [0.29, 0.717) is 17.6 Å². The second kappa shape index (κ2) is 3.75. The Morgan fingerprint density at radius 2 is 2.47 bits per heavy atom. The average Bonchev–Trinajstić information content (AvgIpc) is 2.91. The Labute approximate surface area is 98.3 Å². The molecule has 0 bridgehead atoms. The fourth-order valence-corrected chi connectivity index (χ4v) is 2.30. The molecule has 0 aromatic carbocycles. The van der Waals surface area contributed by atoms with Crippen LogP contribution in [0.3, 0.4) is 0 Å². The number of aliphatic hydroxyl groups excluding tert-OH is 1. The molecule has 1 atom stereocenters. The first kappa shape index (κ1) is 10.1. The van der Waals surface area contributed by atoms with Crippen molar-refractivity contribution < 1.29 is 5.11 Å². The molecule has 5 nitrogen and oxygen atoms in total. The highest BCUT2D eigenvalue weighted by Gasteiger charge is 2.25. The van der Waals surface area contributed by atoms with Gasteiger partial charge in [-0.25, -0.2) is 0 Å². The summed E-state index contributed by atoms with van der Waals surface area (Å²) in [5, 5.41) is 18.8. The van der Waals surface area contributed by atoms with Crippen LogP contribution in [-0.2, 0) is 0 Å². The van der Waals surface area contributed by atoms with Crippen molar-refractivity contribution in [3.8, 4) is 6.07 Å². The third kappa shape index (κ3) is 1.54. The maximum absolute atomic E-state index is 9.55. The number of hydrogen-bond acceptors (Lipinski definition) is 4. The van der Waals surface area contributed by atoms with Crippen LogP contribution in [0.15, 0.2) is 18.3 Å². The molecule has 1 aliphatic heterocycles. The number of anilines is 1. The van der Waals surface area contributed by atoms with Crippen LogP contribution in [0.4, 0.5) is 5.82 Å². The largest absolute Gasteiger partial charge is 0.391 e. The molecule has 3 rings (SSSR count). The van der Waals surface area contributed by atoms with Crippen molar-refractivity contribution in [1.29, 1.82) is 5.26 Å². The molecule has 2 aromatic heterocycles. The second-order valence-corrected chi connectivity index (χ2v) is 4.25. The van der Waals surface area contributed by atoms with Crippen molar-refractivity contribution in [2.45, 2.75) is 12.5 Å². The van der Waals surface area contributed by atoms with Gasteiger partial charge in [0.25, 0.3) is 0 Å². The molecule has 1 aliphatic rings. The van der Waals surface area contributed by atoms with Gasteiger partial charge >= 0.3 is 0 Å². The molecular weight excluding hydrogens is 216 g/mol. The van der Waals surface area contributed by atoms with Gasteiger partial charge in [-0.15, -0.1) is 0 Å².